The van der Waals surface area contributed by atoms with E-state index in [0.717, 1.165) is 6.07 Å². The van der Waals surface area contributed by atoms with E-state index >= 15 is 0 Å². The molecule has 2 rings (SSSR count). The second-order valence-corrected chi connectivity index (χ2v) is 4.58. The fraction of sp³-hybridized carbons (Fsp3) is 0.167. The van der Waals surface area contributed by atoms with Gasteiger partial charge in [-0.05, 0) is 13.0 Å². The van der Waals surface area contributed by atoms with Gasteiger partial charge in [0.2, 0.25) is 5.88 Å². The van der Waals surface area contributed by atoms with Gasteiger partial charge in [-0.1, -0.05) is 11.6 Å². The number of halogens is 1. The number of nitro benzene ring substituents is 1. The van der Waals surface area contributed by atoms with E-state index in [1.807, 2.05) is 0 Å². The van der Waals surface area contributed by atoms with Crippen molar-refractivity contribution in [2.75, 3.05) is 0 Å². The molecule has 0 bridgehead atoms. The number of nitro groups is 1. The largest absolute Gasteiger partial charge is 0.477 e. The Hall–Kier alpha value is -2.61. The molecular formula is C12H10ClN3O5. The van der Waals surface area contributed by atoms with Gasteiger partial charge in [0.1, 0.15) is 5.56 Å². The van der Waals surface area contributed by atoms with Crippen LogP contribution in [0.4, 0.5) is 5.69 Å². The molecule has 0 saturated heterocycles. The zero-order valence-corrected chi connectivity index (χ0v) is 11.8. The third-order valence-electron chi connectivity index (χ3n) is 2.72. The van der Waals surface area contributed by atoms with E-state index in [4.69, 9.17) is 16.3 Å². The van der Waals surface area contributed by atoms with Crippen molar-refractivity contribution in [3.8, 4) is 11.6 Å². The van der Waals surface area contributed by atoms with Crippen molar-refractivity contribution in [2.45, 2.75) is 6.92 Å². The molecule has 0 spiro atoms. The summed E-state index contributed by atoms with van der Waals surface area (Å²) in [6, 6.07) is 3.65. The molecule has 0 amide bonds. The van der Waals surface area contributed by atoms with Crippen molar-refractivity contribution >= 4 is 23.3 Å². The van der Waals surface area contributed by atoms with Gasteiger partial charge in [-0.2, -0.15) is 5.10 Å². The second-order valence-electron chi connectivity index (χ2n) is 4.17. The maximum atomic E-state index is 11.2. The fourth-order valence-electron chi connectivity index (χ4n) is 1.79. The molecule has 0 aliphatic carbocycles. The Morgan fingerprint density at radius 2 is 2.19 bits per heavy atom. The lowest BCUT2D eigenvalue weighted by atomic mass is 10.2. The Kier molecular flexibility index (Phi) is 3.81. The fourth-order valence-corrected chi connectivity index (χ4v) is 1.94. The highest BCUT2D eigenvalue weighted by molar-refractivity contribution is 6.32. The van der Waals surface area contributed by atoms with Gasteiger partial charge in [-0.25, -0.2) is 9.48 Å². The van der Waals surface area contributed by atoms with Crippen molar-refractivity contribution in [3.63, 3.8) is 0 Å². The highest BCUT2D eigenvalue weighted by Gasteiger charge is 2.23. The van der Waals surface area contributed by atoms with Crippen molar-refractivity contribution < 1.29 is 19.6 Å². The van der Waals surface area contributed by atoms with Gasteiger partial charge < -0.3 is 9.84 Å². The minimum absolute atomic E-state index is 0.0173. The summed E-state index contributed by atoms with van der Waals surface area (Å²) >= 11 is 5.92. The molecule has 0 aliphatic rings. The molecular weight excluding hydrogens is 302 g/mol. The number of aromatic nitrogens is 2. The van der Waals surface area contributed by atoms with E-state index in [0.29, 0.717) is 0 Å². The third-order valence-corrected chi connectivity index (χ3v) is 3.03. The van der Waals surface area contributed by atoms with Crippen LogP contribution in [0, 0.1) is 17.0 Å². The number of non-ortho nitro benzene ring substituents is 1. The molecule has 1 N–H and O–H groups in total. The van der Waals surface area contributed by atoms with E-state index in [2.05, 4.69) is 5.10 Å². The van der Waals surface area contributed by atoms with Gasteiger partial charge in [0.25, 0.3) is 5.69 Å². The van der Waals surface area contributed by atoms with Crippen LogP contribution in [-0.4, -0.2) is 25.8 Å². The lowest BCUT2D eigenvalue weighted by molar-refractivity contribution is -0.384. The van der Waals surface area contributed by atoms with Gasteiger partial charge in [0.15, 0.2) is 5.75 Å². The number of hydrogen-bond acceptors (Lipinski definition) is 5. The molecule has 0 aliphatic heterocycles. The van der Waals surface area contributed by atoms with Crippen LogP contribution >= 0.6 is 11.6 Å². The molecule has 0 fully saturated rings. The number of carboxylic acids is 1. The first kappa shape index (κ1) is 14.8. The summed E-state index contributed by atoms with van der Waals surface area (Å²) in [5.74, 6) is -1.28. The molecule has 110 valence electrons. The van der Waals surface area contributed by atoms with Crippen molar-refractivity contribution in [3.05, 3.63) is 44.6 Å². The number of carboxylic acid groups (broad SMARTS) is 1. The average molecular weight is 312 g/mol. The van der Waals surface area contributed by atoms with Crippen LogP contribution in [0.5, 0.6) is 11.6 Å². The normalized spacial score (nSPS) is 10.4. The Morgan fingerprint density at radius 3 is 2.76 bits per heavy atom. The highest BCUT2D eigenvalue weighted by atomic mass is 35.5. The first-order valence-electron chi connectivity index (χ1n) is 5.70. The molecule has 21 heavy (non-hydrogen) atoms. The monoisotopic (exact) mass is 311 g/mol. The molecule has 0 unspecified atom stereocenters. The van der Waals surface area contributed by atoms with Crippen LogP contribution in [0.3, 0.4) is 0 Å². The molecule has 0 atom stereocenters. The molecule has 2 aromatic rings. The molecule has 0 saturated carbocycles. The van der Waals surface area contributed by atoms with Crippen LogP contribution < -0.4 is 4.74 Å². The van der Waals surface area contributed by atoms with Gasteiger partial charge in [-0.3, -0.25) is 10.1 Å². The predicted molar refractivity (Wildman–Crippen MR) is 73.1 cm³/mol. The summed E-state index contributed by atoms with van der Waals surface area (Å²) in [4.78, 5) is 21.4. The Labute approximate surface area is 123 Å². The van der Waals surface area contributed by atoms with Crippen LogP contribution in [0.25, 0.3) is 0 Å². The van der Waals surface area contributed by atoms with E-state index in [1.54, 1.807) is 0 Å². The summed E-state index contributed by atoms with van der Waals surface area (Å²) in [6.45, 7) is 1.52. The number of benzene rings is 1. The van der Waals surface area contributed by atoms with E-state index in [-0.39, 0.29) is 33.6 Å². The second kappa shape index (κ2) is 5.41. The standard InChI is InChI=1S/C12H10ClN3O5/c1-6-10(12(17)18)11(15(2)14-6)21-9-5-7(16(19)20)3-4-8(9)13/h3-5H,1-2H3,(H,17,18). The number of nitrogens with zero attached hydrogens (tertiary/aromatic N) is 3. The number of hydrogen-bond donors (Lipinski definition) is 1. The predicted octanol–water partition coefficient (Wildman–Crippen LogP) is 2.78. The summed E-state index contributed by atoms with van der Waals surface area (Å²) in [5.41, 5.74) is -0.0770. The molecule has 1 heterocycles. The molecule has 1 aromatic heterocycles. The first-order valence-corrected chi connectivity index (χ1v) is 6.07. The van der Waals surface area contributed by atoms with Gasteiger partial charge in [-0.15, -0.1) is 0 Å². The maximum Gasteiger partial charge on any atom is 0.343 e. The number of carbonyl (C=O) groups is 1. The summed E-state index contributed by atoms with van der Waals surface area (Å²) in [7, 11) is 1.50. The van der Waals surface area contributed by atoms with Crippen LogP contribution in [-0.2, 0) is 7.05 Å². The smallest absolute Gasteiger partial charge is 0.343 e. The maximum absolute atomic E-state index is 11.2. The van der Waals surface area contributed by atoms with Crippen LogP contribution in [0.15, 0.2) is 18.2 Å². The highest BCUT2D eigenvalue weighted by Crippen LogP contribution is 2.34. The number of ether oxygens (including phenoxy) is 1. The summed E-state index contributed by atoms with van der Waals surface area (Å²) < 4.78 is 6.66. The van der Waals surface area contributed by atoms with E-state index in [9.17, 15) is 20.0 Å². The first-order chi connectivity index (χ1) is 9.81. The SMILES string of the molecule is Cc1nn(C)c(Oc2cc([N+](=O)[O-])ccc2Cl)c1C(=O)O. The van der Waals surface area contributed by atoms with Gasteiger partial charge in [0.05, 0.1) is 21.7 Å². The number of aromatic carboxylic acids is 1. The number of aryl methyl sites for hydroxylation is 2. The third kappa shape index (κ3) is 2.79. The molecule has 0 radical (unpaired) electrons. The number of rotatable bonds is 4. The average Bonchev–Trinajstić information content (AvgIpc) is 2.66. The van der Waals surface area contributed by atoms with E-state index < -0.39 is 10.9 Å². The summed E-state index contributed by atoms with van der Waals surface area (Å²) in [6.07, 6.45) is 0. The Morgan fingerprint density at radius 1 is 1.52 bits per heavy atom. The minimum atomic E-state index is -1.21. The Bertz CT molecular complexity index is 741. The van der Waals surface area contributed by atoms with Crippen LogP contribution in [0.2, 0.25) is 5.02 Å². The van der Waals surface area contributed by atoms with E-state index in [1.165, 1.54) is 30.8 Å². The lowest BCUT2D eigenvalue weighted by Gasteiger charge is -2.08. The van der Waals surface area contributed by atoms with Crippen molar-refractivity contribution in [1.29, 1.82) is 0 Å². The quantitative estimate of drug-likeness (QED) is 0.687. The molecule has 1 aromatic carbocycles. The van der Waals surface area contributed by atoms with Crippen molar-refractivity contribution in [1.82, 2.24) is 9.78 Å². The summed E-state index contributed by atoms with van der Waals surface area (Å²) in [5, 5.41) is 24.0. The van der Waals surface area contributed by atoms with Crippen molar-refractivity contribution in [2.24, 2.45) is 7.05 Å². The topological polar surface area (TPSA) is 107 Å². The minimum Gasteiger partial charge on any atom is -0.477 e. The molecule has 8 nitrogen and oxygen atoms in total. The zero-order valence-electron chi connectivity index (χ0n) is 11.0. The van der Waals surface area contributed by atoms with Crippen LogP contribution in [0.1, 0.15) is 16.1 Å². The lowest BCUT2D eigenvalue weighted by Crippen LogP contribution is -2.02. The van der Waals surface area contributed by atoms with Gasteiger partial charge in [0, 0.05) is 13.1 Å². The zero-order chi connectivity index (χ0) is 15.7. The molecule has 9 heteroatoms. The van der Waals surface area contributed by atoms with Gasteiger partial charge >= 0.3 is 5.97 Å². The Balaban J connectivity index is 2.50.